The van der Waals surface area contributed by atoms with E-state index in [0.29, 0.717) is 5.82 Å². The fourth-order valence-electron chi connectivity index (χ4n) is 3.85. The Morgan fingerprint density at radius 2 is 1.83 bits per heavy atom. The Morgan fingerprint density at radius 1 is 1.12 bits per heavy atom. The second-order valence-corrected chi connectivity index (χ2v) is 11.8. The summed E-state index contributed by atoms with van der Waals surface area (Å²) in [5.41, 5.74) is 10.7. The number of carbonyl (C=O) groups excluding carboxylic acids is 1. The second-order valence-electron chi connectivity index (χ2n) is 10.6. The average Bonchev–Trinajstić information content (AvgIpc) is 2.91. The van der Waals surface area contributed by atoms with Gasteiger partial charge in [-0.15, -0.1) is 5.10 Å². The monoisotopic (exact) mass is 575 g/mol. The van der Waals surface area contributed by atoms with Crippen LogP contribution >= 0.6 is 11.8 Å². The zero-order valence-corrected chi connectivity index (χ0v) is 26.7. The molecule has 6 nitrogen and oxygen atoms in total. The predicted octanol–water partition coefficient (Wildman–Crippen LogP) is 8.39. The molecule has 3 N–H and O–H groups in total. The molecule has 0 atom stereocenters. The maximum absolute atomic E-state index is 12.5. The highest BCUT2D eigenvalue weighted by Crippen LogP contribution is 2.31. The molecule has 0 aliphatic rings. The number of unbranched alkanes of at least 4 members (excludes halogenated alkanes) is 1. The summed E-state index contributed by atoms with van der Waals surface area (Å²) >= 11 is 1.59. The number of allylic oxidation sites excluding steroid dienone is 7. The SMILES string of the molecule is C=C/C=C\C(=C/C)CC(=C)N(C)C(=C)SC(=C)CCCCc1ccc(NC(=O)C/C(C)=C/C(=C\C)C(C)(C)N)nn1. The highest BCUT2D eigenvalue weighted by atomic mass is 32.2. The first-order chi connectivity index (χ1) is 19.3. The lowest BCUT2D eigenvalue weighted by atomic mass is 9.93. The van der Waals surface area contributed by atoms with Gasteiger partial charge in [-0.2, -0.15) is 5.10 Å². The molecule has 1 amide bonds. The minimum Gasteiger partial charge on any atom is -0.343 e. The molecule has 222 valence electrons. The van der Waals surface area contributed by atoms with Gasteiger partial charge in [0.1, 0.15) is 0 Å². The molecule has 0 fully saturated rings. The molecule has 0 aromatic carbocycles. The zero-order chi connectivity index (χ0) is 31.0. The van der Waals surface area contributed by atoms with Crippen LogP contribution < -0.4 is 11.1 Å². The van der Waals surface area contributed by atoms with Crippen LogP contribution in [-0.4, -0.2) is 33.6 Å². The van der Waals surface area contributed by atoms with Gasteiger partial charge in [-0.05, 0) is 88.5 Å². The maximum atomic E-state index is 12.5. The van der Waals surface area contributed by atoms with E-state index in [0.717, 1.165) is 64.6 Å². The Labute approximate surface area is 252 Å². The van der Waals surface area contributed by atoms with E-state index in [1.165, 1.54) is 5.57 Å². The molecule has 0 saturated carbocycles. The Morgan fingerprint density at radius 3 is 2.39 bits per heavy atom. The number of nitrogens with one attached hydrogen (secondary N) is 1. The van der Waals surface area contributed by atoms with Gasteiger partial charge >= 0.3 is 0 Å². The number of amides is 1. The number of anilines is 1. The van der Waals surface area contributed by atoms with E-state index in [-0.39, 0.29) is 12.3 Å². The third kappa shape index (κ3) is 14.2. The standard InChI is InChI=1S/C34H49N5OS/c1-11-14-18-29(12-2)24-26(5)39(10)28(7)41-27(6)17-15-16-19-31-20-21-32(38-37-31)36-33(40)23-25(4)22-30(13-3)34(8,9)35/h11-14,18,20-22H,1,5-7,15-17,19,23-24,35H2,2-4,8-10H3,(H,36,38,40)/b18-14-,25-22+,29-12+,30-13+. The van der Waals surface area contributed by atoms with Crippen molar-refractivity contribution in [1.82, 2.24) is 15.1 Å². The van der Waals surface area contributed by atoms with E-state index >= 15 is 0 Å². The van der Waals surface area contributed by atoms with Crippen molar-refractivity contribution < 1.29 is 4.79 Å². The van der Waals surface area contributed by atoms with Crippen LogP contribution in [0.3, 0.4) is 0 Å². The summed E-state index contributed by atoms with van der Waals surface area (Å²) in [6.07, 6.45) is 16.4. The van der Waals surface area contributed by atoms with Gasteiger partial charge in [0.25, 0.3) is 0 Å². The van der Waals surface area contributed by atoms with Crippen molar-refractivity contribution in [2.45, 2.75) is 78.7 Å². The van der Waals surface area contributed by atoms with Crippen LogP contribution in [0.5, 0.6) is 0 Å². The van der Waals surface area contributed by atoms with Crippen molar-refractivity contribution in [2.75, 3.05) is 12.4 Å². The van der Waals surface area contributed by atoms with E-state index in [2.05, 4.69) is 47.9 Å². The highest BCUT2D eigenvalue weighted by molar-refractivity contribution is 8.06. The third-order valence-electron chi connectivity index (χ3n) is 6.36. The predicted molar refractivity (Wildman–Crippen MR) is 179 cm³/mol. The van der Waals surface area contributed by atoms with Crippen LogP contribution in [0.25, 0.3) is 0 Å². The molecular formula is C34H49N5OS. The molecule has 0 bridgehead atoms. The topological polar surface area (TPSA) is 84.1 Å². The van der Waals surface area contributed by atoms with Crippen molar-refractivity contribution in [3.8, 4) is 0 Å². The fraction of sp³-hybridized carbons (Fsp3) is 0.382. The zero-order valence-electron chi connectivity index (χ0n) is 25.9. The van der Waals surface area contributed by atoms with Gasteiger partial charge in [0.2, 0.25) is 5.91 Å². The largest absolute Gasteiger partial charge is 0.343 e. The van der Waals surface area contributed by atoms with Crippen LogP contribution in [0.1, 0.15) is 72.4 Å². The first-order valence-corrected chi connectivity index (χ1v) is 14.8. The molecule has 41 heavy (non-hydrogen) atoms. The molecule has 0 aliphatic heterocycles. The molecule has 0 spiro atoms. The normalized spacial score (nSPS) is 12.8. The molecule has 0 aliphatic carbocycles. The lowest BCUT2D eigenvalue weighted by molar-refractivity contribution is -0.115. The lowest BCUT2D eigenvalue weighted by Crippen LogP contribution is -2.33. The molecular weight excluding hydrogens is 526 g/mol. The quantitative estimate of drug-likeness (QED) is 0.135. The molecule has 1 aromatic rings. The maximum Gasteiger partial charge on any atom is 0.229 e. The summed E-state index contributed by atoms with van der Waals surface area (Å²) in [5.74, 6) is 0.314. The first kappa shape index (κ1) is 35.6. The number of aromatic nitrogens is 2. The number of hydrogen-bond acceptors (Lipinski definition) is 6. The summed E-state index contributed by atoms with van der Waals surface area (Å²) in [5, 5.41) is 12.2. The number of aryl methyl sites for hydroxylation is 1. The number of carbonyl (C=O) groups is 1. The molecule has 0 radical (unpaired) electrons. The minimum absolute atomic E-state index is 0.135. The van der Waals surface area contributed by atoms with E-state index in [1.54, 1.807) is 23.9 Å². The Kier molecular flexibility index (Phi) is 15.7. The number of hydrogen-bond donors (Lipinski definition) is 2. The van der Waals surface area contributed by atoms with Crippen molar-refractivity contribution in [3.63, 3.8) is 0 Å². The lowest BCUT2D eigenvalue weighted by Gasteiger charge is -2.24. The van der Waals surface area contributed by atoms with Crippen molar-refractivity contribution in [3.05, 3.63) is 113 Å². The summed E-state index contributed by atoms with van der Waals surface area (Å²) < 4.78 is 0. The Balaban J connectivity index is 2.45. The van der Waals surface area contributed by atoms with E-state index < -0.39 is 5.54 Å². The molecule has 0 saturated heterocycles. The summed E-state index contributed by atoms with van der Waals surface area (Å²) in [6, 6.07) is 3.71. The number of nitrogens with two attached hydrogens (primary N) is 1. The fourth-order valence-corrected chi connectivity index (χ4v) is 4.70. The van der Waals surface area contributed by atoms with Crippen LogP contribution in [-0.2, 0) is 11.2 Å². The first-order valence-electron chi connectivity index (χ1n) is 14.0. The summed E-state index contributed by atoms with van der Waals surface area (Å²) in [7, 11) is 1.99. The van der Waals surface area contributed by atoms with Crippen molar-refractivity contribution in [1.29, 1.82) is 0 Å². The van der Waals surface area contributed by atoms with Gasteiger partial charge in [-0.25, -0.2) is 0 Å². The average molecular weight is 576 g/mol. The van der Waals surface area contributed by atoms with E-state index in [4.69, 9.17) is 5.73 Å². The number of rotatable bonds is 18. The van der Waals surface area contributed by atoms with Crippen LogP contribution in [0.2, 0.25) is 0 Å². The molecule has 1 heterocycles. The van der Waals surface area contributed by atoms with Gasteiger partial charge in [0, 0.05) is 31.1 Å². The second kappa shape index (κ2) is 18.1. The van der Waals surface area contributed by atoms with Gasteiger partial charge in [0.15, 0.2) is 5.82 Å². The molecule has 7 heteroatoms. The summed E-state index contributed by atoms with van der Waals surface area (Å²) in [6.45, 7) is 26.2. The van der Waals surface area contributed by atoms with Gasteiger partial charge < -0.3 is 16.0 Å². The van der Waals surface area contributed by atoms with Gasteiger partial charge in [-0.3, -0.25) is 4.79 Å². The van der Waals surface area contributed by atoms with Crippen LogP contribution in [0.15, 0.2) is 107 Å². The molecule has 1 rings (SSSR count). The van der Waals surface area contributed by atoms with Crippen LogP contribution in [0, 0.1) is 0 Å². The van der Waals surface area contributed by atoms with Gasteiger partial charge in [-0.1, -0.05) is 80.1 Å². The van der Waals surface area contributed by atoms with Crippen molar-refractivity contribution in [2.24, 2.45) is 5.73 Å². The number of nitrogens with zero attached hydrogens (tertiary/aromatic N) is 3. The molecule has 0 unspecified atom stereocenters. The van der Waals surface area contributed by atoms with E-state index in [9.17, 15) is 4.79 Å². The van der Waals surface area contributed by atoms with Crippen molar-refractivity contribution >= 4 is 23.5 Å². The van der Waals surface area contributed by atoms with E-state index in [1.807, 2.05) is 76.9 Å². The number of thioether (sulfide) groups is 1. The smallest absolute Gasteiger partial charge is 0.229 e. The van der Waals surface area contributed by atoms with Crippen LogP contribution in [0.4, 0.5) is 5.82 Å². The minimum atomic E-state index is -0.458. The third-order valence-corrected chi connectivity index (χ3v) is 7.36. The van der Waals surface area contributed by atoms with Gasteiger partial charge in [0.05, 0.1) is 10.7 Å². The Bertz CT molecular complexity index is 1200. The highest BCUT2D eigenvalue weighted by Gasteiger charge is 2.15. The molecule has 1 aromatic heterocycles. The summed E-state index contributed by atoms with van der Waals surface area (Å²) in [4.78, 5) is 15.5. The Hall–Kier alpha value is -3.42.